The Bertz CT molecular complexity index is 387. The summed E-state index contributed by atoms with van der Waals surface area (Å²) < 4.78 is 0.897. The van der Waals surface area contributed by atoms with Crippen LogP contribution < -0.4 is 4.90 Å². The molecule has 0 spiro atoms. The SMILES string of the molecule is CC1CN(C)CCN1c1nc(Cl)ncc1Br. The van der Waals surface area contributed by atoms with Crippen molar-refractivity contribution >= 4 is 33.3 Å². The fourth-order valence-electron chi connectivity index (χ4n) is 1.99. The summed E-state index contributed by atoms with van der Waals surface area (Å²) in [4.78, 5) is 12.8. The van der Waals surface area contributed by atoms with Gasteiger partial charge < -0.3 is 9.80 Å². The molecule has 1 aromatic rings. The van der Waals surface area contributed by atoms with Gasteiger partial charge in [0, 0.05) is 31.9 Å². The molecule has 0 radical (unpaired) electrons. The van der Waals surface area contributed by atoms with Gasteiger partial charge in [-0.2, -0.15) is 4.98 Å². The average Bonchev–Trinajstić information content (AvgIpc) is 2.22. The Morgan fingerprint density at radius 2 is 2.25 bits per heavy atom. The summed E-state index contributed by atoms with van der Waals surface area (Å²) in [7, 11) is 2.13. The van der Waals surface area contributed by atoms with Gasteiger partial charge >= 0.3 is 0 Å². The normalized spacial score (nSPS) is 22.5. The zero-order chi connectivity index (χ0) is 11.7. The largest absolute Gasteiger partial charge is 0.350 e. The summed E-state index contributed by atoms with van der Waals surface area (Å²) >= 11 is 9.30. The Kier molecular flexibility index (Phi) is 3.66. The van der Waals surface area contributed by atoms with E-state index in [9.17, 15) is 0 Å². The lowest BCUT2D eigenvalue weighted by Gasteiger charge is -2.39. The van der Waals surface area contributed by atoms with Crippen molar-refractivity contribution in [1.82, 2.24) is 14.9 Å². The monoisotopic (exact) mass is 304 g/mol. The Labute approximate surface area is 109 Å². The maximum Gasteiger partial charge on any atom is 0.224 e. The Morgan fingerprint density at radius 3 is 2.94 bits per heavy atom. The molecule has 1 aromatic heterocycles. The number of rotatable bonds is 1. The van der Waals surface area contributed by atoms with Gasteiger partial charge in [0.2, 0.25) is 5.28 Å². The van der Waals surface area contributed by atoms with E-state index >= 15 is 0 Å². The van der Waals surface area contributed by atoms with Crippen molar-refractivity contribution in [3.63, 3.8) is 0 Å². The number of nitrogens with zero attached hydrogens (tertiary/aromatic N) is 4. The molecule has 1 atom stereocenters. The first-order valence-corrected chi connectivity index (χ1v) is 6.38. The van der Waals surface area contributed by atoms with Crippen molar-refractivity contribution in [2.45, 2.75) is 13.0 Å². The lowest BCUT2D eigenvalue weighted by atomic mass is 10.2. The van der Waals surface area contributed by atoms with Crippen molar-refractivity contribution in [2.24, 2.45) is 0 Å². The minimum absolute atomic E-state index is 0.296. The highest BCUT2D eigenvalue weighted by molar-refractivity contribution is 9.10. The highest BCUT2D eigenvalue weighted by atomic mass is 79.9. The molecule has 0 amide bonds. The van der Waals surface area contributed by atoms with Gasteiger partial charge in [-0.3, -0.25) is 0 Å². The molecule has 6 heteroatoms. The number of halogens is 2. The first kappa shape index (κ1) is 12.1. The van der Waals surface area contributed by atoms with E-state index in [4.69, 9.17) is 11.6 Å². The van der Waals surface area contributed by atoms with Gasteiger partial charge in [-0.1, -0.05) is 0 Å². The Hall–Kier alpha value is -0.390. The van der Waals surface area contributed by atoms with Crippen LogP contribution >= 0.6 is 27.5 Å². The molecule has 1 aliphatic heterocycles. The predicted octanol–water partition coefficient (Wildman–Crippen LogP) is 2.03. The summed E-state index contributed by atoms with van der Waals surface area (Å²) in [5.74, 6) is 0.889. The number of hydrogen-bond donors (Lipinski definition) is 0. The summed E-state index contributed by atoms with van der Waals surface area (Å²) in [6.45, 7) is 5.23. The number of likely N-dealkylation sites (N-methyl/N-ethyl adjacent to an activating group) is 1. The van der Waals surface area contributed by atoms with Gasteiger partial charge in [0.15, 0.2) is 0 Å². The van der Waals surface area contributed by atoms with E-state index in [1.807, 2.05) is 0 Å². The number of hydrogen-bond acceptors (Lipinski definition) is 4. The molecule has 0 saturated carbocycles. The van der Waals surface area contributed by atoms with Gasteiger partial charge in [0.25, 0.3) is 0 Å². The highest BCUT2D eigenvalue weighted by Gasteiger charge is 2.24. The zero-order valence-electron chi connectivity index (χ0n) is 9.32. The molecule has 0 N–H and O–H groups in total. The molecular formula is C10H14BrClN4. The molecule has 88 valence electrons. The molecule has 1 aliphatic rings. The molecule has 1 fully saturated rings. The van der Waals surface area contributed by atoms with E-state index in [0.717, 1.165) is 29.9 Å². The van der Waals surface area contributed by atoms with Crippen molar-refractivity contribution in [3.8, 4) is 0 Å². The minimum atomic E-state index is 0.296. The van der Waals surface area contributed by atoms with Crippen molar-refractivity contribution in [2.75, 3.05) is 31.6 Å². The number of anilines is 1. The van der Waals surface area contributed by atoms with Crippen LogP contribution in [0.4, 0.5) is 5.82 Å². The van der Waals surface area contributed by atoms with E-state index in [2.05, 4.69) is 49.7 Å². The average molecular weight is 306 g/mol. The summed E-state index contributed by atoms with van der Waals surface area (Å²) in [5, 5.41) is 0.296. The Balaban J connectivity index is 2.26. The molecule has 0 aliphatic carbocycles. The number of aromatic nitrogens is 2. The lowest BCUT2D eigenvalue weighted by Crippen LogP contribution is -2.51. The van der Waals surface area contributed by atoms with Crippen molar-refractivity contribution in [1.29, 1.82) is 0 Å². The third-order valence-corrected chi connectivity index (χ3v) is 3.54. The molecule has 16 heavy (non-hydrogen) atoms. The zero-order valence-corrected chi connectivity index (χ0v) is 11.7. The maximum absolute atomic E-state index is 5.83. The van der Waals surface area contributed by atoms with Gasteiger partial charge in [-0.05, 0) is 41.5 Å². The van der Waals surface area contributed by atoms with E-state index in [1.54, 1.807) is 6.20 Å². The second-order valence-corrected chi connectivity index (χ2v) is 5.31. The Morgan fingerprint density at radius 1 is 1.50 bits per heavy atom. The quantitative estimate of drug-likeness (QED) is 0.743. The van der Waals surface area contributed by atoms with Crippen LogP contribution in [0.2, 0.25) is 5.28 Å². The summed E-state index contributed by atoms with van der Waals surface area (Å²) in [5.41, 5.74) is 0. The first-order chi connectivity index (χ1) is 7.58. The molecule has 0 aromatic carbocycles. The minimum Gasteiger partial charge on any atom is -0.350 e. The van der Waals surface area contributed by atoms with Gasteiger partial charge in [0.05, 0.1) is 4.47 Å². The third kappa shape index (κ3) is 2.47. The summed E-state index contributed by atoms with van der Waals surface area (Å²) in [6, 6.07) is 0.431. The van der Waals surface area contributed by atoms with Crippen molar-refractivity contribution < 1.29 is 0 Å². The molecule has 0 bridgehead atoms. The fraction of sp³-hybridized carbons (Fsp3) is 0.600. The lowest BCUT2D eigenvalue weighted by molar-refractivity contribution is 0.274. The van der Waals surface area contributed by atoms with E-state index in [-0.39, 0.29) is 0 Å². The standard InChI is InChI=1S/C10H14BrClN4/c1-7-6-15(2)3-4-16(7)9-8(11)5-13-10(12)14-9/h5,7H,3-4,6H2,1-2H3. The van der Waals surface area contributed by atoms with Crippen LogP contribution in [-0.2, 0) is 0 Å². The first-order valence-electron chi connectivity index (χ1n) is 5.21. The van der Waals surface area contributed by atoms with Crippen LogP contribution in [0.5, 0.6) is 0 Å². The van der Waals surface area contributed by atoms with E-state index in [0.29, 0.717) is 11.3 Å². The second kappa shape index (κ2) is 4.85. The van der Waals surface area contributed by atoms with Crippen LogP contribution in [0, 0.1) is 0 Å². The van der Waals surface area contributed by atoms with Crippen LogP contribution in [0.1, 0.15) is 6.92 Å². The predicted molar refractivity (Wildman–Crippen MR) is 69.0 cm³/mol. The second-order valence-electron chi connectivity index (χ2n) is 4.12. The molecule has 1 unspecified atom stereocenters. The van der Waals surface area contributed by atoms with Crippen LogP contribution in [0.3, 0.4) is 0 Å². The smallest absolute Gasteiger partial charge is 0.224 e. The third-order valence-electron chi connectivity index (χ3n) is 2.80. The molecular weight excluding hydrogens is 291 g/mol. The number of piperazine rings is 1. The van der Waals surface area contributed by atoms with Crippen LogP contribution in [0.15, 0.2) is 10.7 Å². The maximum atomic E-state index is 5.83. The molecule has 4 nitrogen and oxygen atoms in total. The topological polar surface area (TPSA) is 32.3 Å². The summed E-state index contributed by atoms with van der Waals surface area (Å²) in [6.07, 6.45) is 1.70. The van der Waals surface area contributed by atoms with Gasteiger partial charge in [-0.15, -0.1) is 0 Å². The van der Waals surface area contributed by atoms with E-state index in [1.165, 1.54) is 0 Å². The fourth-order valence-corrected chi connectivity index (χ4v) is 2.54. The van der Waals surface area contributed by atoms with Crippen molar-refractivity contribution in [3.05, 3.63) is 16.0 Å². The van der Waals surface area contributed by atoms with Gasteiger partial charge in [0.1, 0.15) is 5.82 Å². The molecule has 2 heterocycles. The van der Waals surface area contributed by atoms with Gasteiger partial charge in [-0.25, -0.2) is 4.98 Å². The highest BCUT2D eigenvalue weighted by Crippen LogP contribution is 2.27. The van der Waals surface area contributed by atoms with Crippen LogP contribution in [-0.4, -0.2) is 47.6 Å². The van der Waals surface area contributed by atoms with Crippen LogP contribution in [0.25, 0.3) is 0 Å². The molecule has 2 rings (SSSR count). The molecule has 1 saturated heterocycles. The van der Waals surface area contributed by atoms with E-state index < -0.39 is 0 Å².